The molecule has 2 aromatic rings. The molecule has 0 amide bonds. The van der Waals surface area contributed by atoms with E-state index >= 15 is 0 Å². The van der Waals surface area contributed by atoms with E-state index < -0.39 is 0 Å². The van der Waals surface area contributed by atoms with Crippen molar-refractivity contribution in [3.05, 3.63) is 65.2 Å². The number of methoxy groups -OCH3 is 1. The molecular formula is C18H23ClNO-. The van der Waals surface area contributed by atoms with E-state index in [1.54, 1.807) is 7.11 Å². The fraction of sp³-hybridized carbons (Fsp3) is 0.333. The Labute approximate surface area is 133 Å². The number of halogens is 1. The minimum Gasteiger partial charge on any atom is -1.00 e. The molecule has 0 aliphatic rings. The maximum Gasteiger partial charge on any atom is 0.118 e. The van der Waals surface area contributed by atoms with Gasteiger partial charge in [0.15, 0.2) is 0 Å². The van der Waals surface area contributed by atoms with Crippen molar-refractivity contribution < 1.29 is 17.1 Å². The fourth-order valence-electron chi connectivity index (χ4n) is 2.11. The molecule has 0 fully saturated rings. The van der Waals surface area contributed by atoms with E-state index in [0.717, 1.165) is 18.8 Å². The van der Waals surface area contributed by atoms with Gasteiger partial charge >= 0.3 is 0 Å². The molecule has 0 radical (unpaired) electrons. The molecular weight excluding hydrogens is 282 g/mol. The first-order valence-corrected chi connectivity index (χ1v) is 7.11. The lowest BCUT2D eigenvalue weighted by Crippen LogP contribution is -3.00. The van der Waals surface area contributed by atoms with Crippen LogP contribution in [-0.4, -0.2) is 7.11 Å². The van der Waals surface area contributed by atoms with Crippen LogP contribution in [0.4, 0.5) is 0 Å². The van der Waals surface area contributed by atoms with Crippen molar-refractivity contribution >= 4 is 0 Å². The van der Waals surface area contributed by atoms with Crippen LogP contribution in [0.2, 0.25) is 0 Å². The van der Waals surface area contributed by atoms with Crippen molar-refractivity contribution in [2.45, 2.75) is 32.9 Å². The minimum absolute atomic E-state index is 0. The fourth-order valence-corrected chi connectivity index (χ4v) is 2.11. The maximum absolute atomic E-state index is 5.15. The van der Waals surface area contributed by atoms with Gasteiger partial charge in [0.1, 0.15) is 5.75 Å². The molecule has 2 nitrogen and oxygen atoms in total. The molecule has 2 rings (SSSR count). The van der Waals surface area contributed by atoms with E-state index in [0.29, 0.717) is 5.92 Å². The van der Waals surface area contributed by atoms with Crippen molar-refractivity contribution in [1.82, 2.24) is 5.32 Å². The Bertz CT molecular complexity index is 520. The van der Waals surface area contributed by atoms with E-state index in [1.807, 2.05) is 12.1 Å². The molecule has 0 saturated carbocycles. The van der Waals surface area contributed by atoms with E-state index in [-0.39, 0.29) is 12.4 Å². The maximum atomic E-state index is 5.15. The first-order valence-electron chi connectivity index (χ1n) is 7.11. The monoisotopic (exact) mass is 304 g/mol. The molecule has 0 heterocycles. The van der Waals surface area contributed by atoms with Crippen LogP contribution in [0.3, 0.4) is 0 Å². The third kappa shape index (κ3) is 5.41. The van der Waals surface area contributed by atoms with Crippen LogP contribution in [-0.2, 0) is 13.1 Å². The van der Waals surface area contributed by atoms with Crippen LogP contribution in [0.1, 0.15) is 36.5 Å². The zero-order chi connectivity index (χ0) is 14.4. The summed E-state index contributed by atoms with van der Waals surface area (Å²) >= 11 is 0. The highest BCUT2D eigenvalue weighted by Gasteiger charge is 1.99. The van der Waals surface area contributed by atoms with Gasteiger partial charge in [0, 0.05) is 13.1 Å². The second-order valence-corrected chi connectivity index (χ2v) is 5.35. The van der Waals surface area contributed by atoms with Gasteiger partial charge in [-0.05, 0) is 34.7 Å². The van der Waals surface area contributed by atoms with Crippen LogP contribution in [0.15, 0.2) is 48.5 Å². The number of hydrogen-bond donors (Lipinski definition) is 1. The zero-order valence-electron chi connectivity index (χ0n) is 12.9. The van der Waals surface area contributed by atoms with Gasteiger partial charge in [-0.1, -0.05) is 50.2 Å². The van der Waals surface area contributed by atoms with Crippen molar-refractivity contribution in [3.63, 3.8) is 0 Å². The van der Waals surface area contributed by atoms with E-state index in [1.165, 1.54) is 16.7 Å². The highest BCUT2D eigenvalue weighted by molar-refractivity contribution is 5.27. The molecule has 114 valence electrons. The van der Waals surface area contributed by atoms with Crippen LogP contribution < -0.4 is 22.5 Å². The average molecular weight is 305 g/mol. The number of ether oxygens (including phenoxy) is 1. The highest BCUT2D eigenvalue weighted by atomic mass is 35.5. The molecule has 0 aliphatic carbocycles. The quantitative estimate of drug-likeness (QED) is 0.863. The molecule has 3 heteroatoms. The molecule has 0 spiro atoms. The number of benzene rings is 2. The number of rotatable bonds is 6. The molecule has 21 heavy (non-hydrogen) atoms. The smallest absolute Gasteiger partial charge is 0.118 e. The second kappa shape index (κ2) is 8.71. The molecule has 0 bridgehead atoms. The summed E-state index contributed by atoms with van der Waals surface area (Å²) < 4.78 is 5.15. The third-order valence-corrected chi connectivity index (χ3v) is 3.46. The Morgan fingerprint density at radius 3 is 1.76 bits per heavy atom. The summed E-state index contributed by atoms with van der Waals surface area (Å²) in [6.45, 7) is 6.20. The standard InChI is InChI=1S/C18H23NO.ClH/c1-14(2)17-8-4-15(5-9-17)12-19-13-16-6-10-18(20-3)11-7-16;/h4-11,14,19H,12-13H2,1-3H3;1H/p-1. The Morgan fingerprint density at radius 2 is 1.33 bits per heavy atom. The van der Waals surface area contributed by atoms with E-state index in [9.17, 15) is 0 Å². The van der Waals surface area contributed by atoms with Gasteiger partial charge < -0.3 is 22.5 Å². The van der Waals surface area contributed by atoms with Crippen LogP contribution in [0, 0.1) is 0 Å². The predicted molar refractivity (Wildman–Crippen MR) is 84.1 cm³/mol. The summed E-state index contributed by atoms with van der Waals surface area (Å²) in [5.41, 5.74) is 3.98. The lowest BCUT2D eigenvalue weighted by atomic mass is 10.0. The second-order valence-electron chi connectivity index (χ2n) is 5.35. The summed E-state index contributed by atoms with van der Waals surface area (Å²) in [5.74, 6) is 1.49. The van der Waals surface area contributed by atoms with Crippen LogP contribution >= 0.6 is 0 Å². The molecule has 0 aromatic heterocycles. The topological polar surface area (TPSA) is 21.3 Å². The van der Waals surface area contributed by atoms with Crippen molar-refractivity contribution in [2.24, 2.45) is 0 Å². The largest absolute Gasteiger partial charge is 1.00 e. The van der Waals surface area contributed by atoms with Gasteiger partial charge in [0.25, 0.3) is 0 Å². The molecule has 0 saturated heterocycles. The number of hydrogen-bond acceptors (Lipinski definition) is 2. The van der Waals surface area contributed by atoms with Gasteiger partial charge in [0.05, 0.1) is 7.11 Å². The normalized spacial score (nSPS) is 10.3. The van der Waals surface area contributed by atoms with Gasteiger partial charge in [-0.25, -0.2) is 0 Å². The summed E-state index contributed by atoms with van der Waals surface area (Å²) in [4.78, 5) is 0. The van der Waals surface area contributed by atoms with Gasteiger partial charge in [-0.15, -0.1) is 0 Å². The SMILES string of the molecule is COc1ccc(CNCc2ccc(C(C)C)cc2)cc1.[Cl-]. The Hall–Kier alpha value is -1.51. The highest BCUT2D eigenvalue weighted by Crippen LogP contribution is 2.15. The van der Waals surface area contributed by atoms with Crippen LogP contribution in [0.25, 0.3) is 0 Å². The van der Waals surface area contributed by atoms with Crippen molar-refractivity contribution in [1.29, 1.82) is 0 Å². The molecule has 0 aliphatic heterocycles. The molecule has 0 unspecified atom stereocenters. The Balaban J connectivity index is 0.00000220. The summed E-state index contributed by atoms with van der Waals surface area (Å²) in [6.07, 6.45) is 0. The summed E-state index contributed by atoms with van der Waals surface area (Å²) in [7, 11) is 1.69. The Kier molecular flexibility index (Phi) is 7.27. The average Bonchev–Trinajstić information content (AvgIpc) is 2.48. The first-order chi connectivity index (χ1) is 9.69. The van der Waals surface area contributed by atoms with E-state index in [2.05, 4.69) is 55.6 Å². The molecule has 1 N–H and O–H groups in total. The zero-order valence-corrected chi connectivity index (χ0v) is 13.7. The minimum atomic E-state index is 0. The van der Waals surface area contributed by atoms with E-state index in [4.69, 9.17) is 4.74 Å². The molecule has 0 atom stereocenters. The third-order valence-electron chi connectivity index (χ3n) is 3.46. The van der Waals surface area contributed by atoms with Gasteiger partial charge in [-0.3, -0.25) is 0 Å². The summed E-state index contributed by atoms with van der Waals surface area (Å²) in [6, 6.07) is 17.0. The van der Waals surface area contributed by atoms with Crippen molar-refractivity contribution in [2.75, 3.05) is 7.11 Å². The van der Waals surface area contributed by atoms with Crippen molar-refractivity contribution in [3.8, 4) is 5.75 Å². The first kappa shape index (κ1) is 17.5. The number of nitrogens with one attached hydrogen (secondary N) is 1. The van der Waals surface area contributed by atoms with Gasteiger partial charge in [0.2, 0.25) is 0 Å². The van der Waals surface area contributed by atoms with Crippen LogP contribution in [0.5, 0.6) is 5.75 Å². The Morgan fingerprint density at radius 1 is 0.857 bits per heavy atom. The lowest BCUT2D eigenvalue weighted by molar-refractivity contribution is -0.00000458. The lowest BCUT2D eigenvalue weighted by Gasteiger charge is -2.08. The molecule has 2 aromatic carbocycles. The summed E-state index contributed by atoms with van der Waals surface area (Å²) in [5, 5.41) is 3.46. The predicted octanol–water partition coefficient (Wildman–Crippen LogP) is 1.11. The van der Waals surface area contributed by atoms with Gasteiger partial charge in [-0.2, -0.15) is 0 Å².